The monoisotopic (exact) mass is 349 g/mol. The van der Waals surface area contributed by atoms with Gasteiger partial charge in [-0.05, 0) is 50.4 Å². The maximum Gasteiger partial charge on any atom is 0.227 e. The predicted octanol–water partition coefficient (Wildman–Crippen LogP) is 0.850. The molecule has 1 saturated heterocycles. The number of aryl methyl sites for hydroxylation is 1. The van der Waals surface area contributed by atoms with Crippen LogP contribution in [0.5, 0.6) is 0 Å². The quantitative estimate of drug-likeness (QED) is 0.550. The molecule has 1 atom stereocenters. The molecule has 5 nitrogen and oxygen atoms in total. The summed E-state index contributed by atoms with van der Waals surface area (Å²) in [5.41, 5.74) is 7.58. The molecule has 0 unspecified atom stereocenters. The Morgan fingerprint density at radius 3 is 2.62 bits per heavy atom. The van der Waals surface area contributed by atoms with E-state index in [4.69, 9.17) is 5.73 Å². The van der Waals surface area contributed by atoms with E-state index in [1.807, 2.05) is 12.1 Å². The molecule has 0 spiro atoms. The number of nitrogens with two attached hydrogens (primary N) is 1. The molecule has 6 heteroatoms. The Morgan fingerprint density at radius 1 is 1.33 bits per heavy atom. The van der Waals surface area contributed by atoms with Crippen molar-refractivity contribution in [1.82, 2.24) is 10.6 Å². The molecule has 1 heterocycles. The Balaban J connectivity index is 2.11. The second-order valence-corrected chi connectivity index (χ2v) is 6.94. The van der Waals surface area contributed by atoms with Crippen molar-refractivity contribution in [2.75, 3.05) is 25.4 Å². The summed E-state index contributed by atoms with van der Waals surface area (Å²) in [4.78, 5) is 24.8. The summed E-state index contributed by atoms with van der Waals surface area (Å²) in [5, 5.41) is 6.13. The van der Waals surface area contributed by atoms with Gasteiger partial charge >= 0.3 is 0 Å². The van der Waals surface area contributed by atoms with Gasteiger partial charge in [0.25, 0.3) is 0 Å². The third kappa shape index (κ3) is 4.59. The van der Waals surface area contributed by atoms with Crippen LogP contribution < -0.4 is 16.4 Å². The number of thiol groups is 1. The van der Waals surface area contributed by atoms with Crippen LogP contribution >= 0.6 is 12.6 Å². The van der Waals surface area contributed by atoms with Gasteiger partial charge in [0.15, 0.2) is 5.78 Å². The molecule has 24 heavy (non-hydrogen) atoms. The zero-order valence-electron chi connectivity index (χ0n) is 14.2. The standard InChI is InChI=1S/C18H27N3O2S/c1-13-4-2-3-5-14(13)10-18(6-8-20-9-7-18)17(23)21-11-16(22)15(19)12-24/h2-5,15,20,24H,6-12,19H2,1H3,(H,21,23)/t15-/m0/s1. The van der Waals surface area contributed by atoms with Crippen LogP contribution in [0.3, 0.4) is 0 Å². The molecule has 0 aliphatic carbocycles. The van der Waals surface area contributed by atoms with Gasteiger partial charge in [-0.2, -0.15) is 12.6 Å². The largest absolute Gasteiger partial charge is 0.348 e. The van der Waals surface area contributed by atoms with Crippen LogP contribution in [-0.4, -0.2) is 43.1 Å². The van der Waals surface area contributed by atoms with E-state index in [0.29, 0.717) is 6.42 Å². The summed E-state index contributed by atoms with van der Waals surface area (Å²) in [6, 6.07) is 7.52. The first kappa shape index (κ1) is 19.0. The second-order valence-electron chi connectivity index (χ2n) is 6.57. The summed E-state index contributed by atoms with van der Waals surface area (Å²) in [6.07, 6.45) is 2.22. The van der Waals surface area contributed by atoms with Crippen LogP contribution in [-0.2, 0) is 16.0 Å². The number of hydrogen-bond donors (Lipinski definition) is 4. The van der Waals surface area contributed by atoms with Crippen molar-refractivity contribution in [1.29, 1.82) is 0 Å². The molecule has 1 fully saturated rings. The highest BCUT2D eigenvalue weighted by Gasteiger charge is 2.39. The molecule has 1 aromatic carbocycles. The number of carbonyl (C=O) groups is 2. The molecule has 1 amide bonds. The summed E-state index contributed by atoms with van der Waals surface area (Å²) in [7, 11) is 0. The van der Waals surface area contributed by atoms with Gasteiger partial charge in [-0.15, -0.1) is 0 Å². The van der Waals surface area contributed by atoms with Crippen LogP contribution in [0, 0.1) is 12.3 Å². The highest BCUT2D eigenvalue weighted by atomic mass is 32.1. The van der Waals surface area contributed by atoms with Crippen molar-refractivity contribution in [2.24, 2.45) is 11.1 Å². The number of benzene rings is 1. The molecule has 2 rings (SSSR count). The number of Topliss-reactive ketones (excluding diaryl/α,β-unsaturated/α-hetero) is 1. The molecule has 0 bridgehead atoms. The van der Waals surface area contributed by atoms with Crippen molar-refractivity contribution >= 4 is 24.3 Å². The Hall–Kier alpha value is -1.37. The van der Waals surface area contributed by atoms with Crippen LogP contribution in [0.15, 0.2) is 24.3 Å². The van der Waals surface area contributed by atoms with E-state index in [1.165, 1.54) is 11.1 Å². The molecule has 132 valence electrons. The summed E-state index contributed by atoms with van der Waals surface area (Å²) in [5.74, 6) is 0.0535. The zero-order valence-corrected chi connectivity index (χ0v) is 15.1. The fourth-order valence-electron chi connectivity index (χ4n) is 3.15. The summed E-state index contributed by atoms with van der Waals surface area (Å²) in [6.45, 7) is 3.66. The molecular formula is C18H27N3O2S. The lowest BCUT2D eigenvalue weighted by molar-refractivity contribution is -0.134. The number of rotatable bonds is 7. The van der Waals surface area contributed by atoms with E-state index in [2.05, 4.69) is 42.3 Å². The lowest BCUT2D eigenvalue weighted by Gasteiger charge is -2.36. The number of piperidine rings is 1. The Bertz CT molecular complexity index is 585. The molecule has 1 aliphatic rings. The summed E-state index contributed by atoms with van der Waals surface area (Å²) < 4.78 is 0. The minimum Gasteiger partial charge on any atom is -0.348 e. The van der Waals surface area contributed by atoms with Crippen molar-refractivity contribution in [3.63, 3.8) is 0 Å². The normalized spacial score (nSPS) is 18.0. The molecule has 0 saturated carbocycles. The molecule has 4 N–H and O–H groups in total. The van der Waals surface area contributed by atoms with Gasteiger partial charge in [-0.1, -0.05) is 24.3 Å². The summed E-state index contributed by atoms with van der Waals surface area (Å²) >= 11 is 4.03. The van der Waals surface area contributed by atoms with E-state index >= 15 is 0 Å². The van der Waals surface area contributed by atoms with E-state index in [-0.39, 0.29) is 24.0 Å². The van der Waals surface area contributed by atoms with E-state index in [0.717, 1.165) is 25.9 Å². The van der Waals surface area contributed by atoms with Crippen molar-refractivity contribution in [3.05, 3.63) is 35.4 Å². The van der Waals surface area contributed by atoms with Crippen LogP contribution in [0.1, 0.15) is 24.0 Å². The third-order valence-electron chi connectivity index (χ3n) is 4.87. The highest BCUT2D eigenvalue weighted by molar-refractivity contribution is 7.80. The molecule has 1 aliphatic heterocycles. The average Bonchev–Trinajstić information content (AvgIpc) is 2.61. The van der Waals surface area contributed by atoms with Crippen molar-refractivity contribution in [2.45, 2.75) is 32.2 Å². The predicted molar refractivity (Wildman–Crippen MR) is 99.3 cm³/mol. The third-order valence-corrected chi connectivity index (χ3v) is 5.26. The van der Waals surface area contributed by atoms with Gasteiger partial charge in [-0.25, -0.2) is 0 Å². The van der Waals surface area contributed by atoms with Crippen LogP contribution in [0.25, 0.3) is 0 Å². The Morgan fingerprint density at radius 2 is 2.00 bits per heavy atom. The minimum absolute atomic E-state index is 0.0243. The van der Waals surface area contributed by atoms with Gasteiger partial charge in [-0.3, -0.25) is 9.59 Å². The van der Waals surface area contributed by atoms with Crippen LogP contribution in [0.2, 0.25) is 0 Å². The molecular weight excluding hydrogens is 322 g/mol. The average molecular weight is 350 g/mol. The number of carbonyl (C=O) groups excluding carboxylic acids is 2. The number of ketones is 1. The smallest absolute Gasteiger partial charge is 0.227 e. The van der Waals surface area contributed by atoms with E-state index in [1.54, 1.807) is 0 Å². The minimum atomic E-state index is -0.631. The second kappa shape index (κ2) is 8.65. The Labute approximate surface area is 149 Å². The van der Waals surface area contributed by atoms with Gasteiger partial charge in [0, 0.05) is 5.75 Å². The molecule has 1 aromatic rings. The number of amides is 1. The van der Waals surface area contributed by atoms with E-state index < -0.39 is 11.5 Å². The maximum atomic E-state index is 12.9. The first-order chi connectivity index (χ1) is 11.5. The Kier molecular flexibility index (Phi) is 6.83. The highest BCUT2D eigenvalue weighted by Crippen LogP contribution is 2.34. The zero-order chi connectivity index (χ0) is 17.6. The van der Waals surface area contributed by atoms with Gasteiger partial charge in [0.1, 0.15) is 0 Å². The van der Waals surface area contributed by atoms with E-state index in [9.17, 15) is 9.59 Å². The lowest BCUT2D eigenvalue weighted by Crippen LogP contribution is -2.51. The fraction of sp³-hybridized carbons (Fsp3) is 0.556. The van der Waals surface area contributed by atoms with Crippen LogP contribution in [0.4, 0.5) is 0 Å². The SMILES string of the molecule is Cc1ccccc1CC1(C(=O)NCC(=O)[C@@H](N)CS)CCNCC1. The molecule has 0 radical (unpaired) electrons. The first-order valence-electron chi connectivity index (χ1n) is 8.41. The van der Waals surface area contributed by atoms with Gasteiger partial charge in [0.2, 0.25) is 5.91 Å². The maximum absolute atomic E-state index is 12.9. The fourth-order valence-corrected chi connectivity index (χ4v) is 3.35. The first-order valence-corrected chi connectivity index (χ1v) is 9.04. The molecule has 0 aromatic heterocycles. The van der Waals surface area contributed by atoms with Gasteiger partial charge < -0.3 is 16.4 Å². The topological polar surface area (TPSA) is 84.2 Å². The van der Waals surface area contributed by atoms with Gasteiger partial charge in [0.05, 0.1) is 18.0 Å². The number of nitrogens with one attached hydrogen (secondary N) is 2. The number of hydrogen-bond acceptors (Lipinski definition) is 5. The lowest BCUT2D eigenvalue weighted by atomic mass is 9.72. The van der Waals surface area contributed by atoms with Crippen molar-refractivity contribution < 1.29 is 9.59 Å². The van der Waals surface area contributed by atoms with Crippen molar-refractivity contribution in [3.8, 4) is 0 Å².